The van der Waals surface area contributed by atoms with Gasteiger partial charge in [-0.15, -0.1) is 6.58 Å². The summed E-state index contributed by atoms with van der Waals surface area (Å²) in [5.41, 5.74) is 1.56. The summed E-state index contributed by atoms with van der Waals surface area (Å²) in [5, 5.41) is 6.33. The van der Waals surface area contributed by atoms with Crippen LogP contribution in [0.1, 0.15) is 23.1 Å². The van der Waals surface area contributed by atoms with Crippen LogP contribution in [0.4, 0.5) is 17.3 Å². The van der Waals surface area contributed by atoms with E-state index in [-0.39, 0.29) is 5.78 Å². The van der Waals surface area contributed by atoms with Gasteiger partial charge in [0.25, 0.3) is 0 Å². The summed E-state index contributed by atoms with van der Waals surface area (Å²) in [5.74, 6) is 2.16. The van der Waals surface area contributed by atoms with Crippen LogP contribution in [0.3, 0.4) is 0 Å². The van der Waals surface area contributed by atoms with Gasteiger partial charge < -0.3 is 10.6 Å². The van der Waals surface area contributed by atoms with E-state index in [1.54, 1.807) is 25.1 Å². The lowest BCUT2D eigenvalue weighted by molar-refractivity contribution is 0.101. The molecule has 1 aromatic heterocycles. The molecule has 1 aromatic carbocycles. The second-order valence-corrected chi connectivity index (χ2v) is 4.61. The van der Waals surface area contributed by atoms with E-state index in [1.165, 1.54) is 0 Å². The number of aryl methyl sites for hydroxylation is 1. The Hall–Kier alpha value is -2.69. The standard InChI is InChI=1S/C16H18N4O/c1-4-9-17-15-10-16(19-12(3)18-15)20-14-7-5-13(6-8-14)11(2)21/h4-8,10H,1,9H2,2-3H3,(H2,17,18,19,20). The van der Waals surface area contributed by atoms with Crippen LogP contribution in [-0.2, 0) is 0 Å². The van der Waals surface area contributed by atoms with E-state index >= 15 is 0 Å². The molecule has 0 bridgehead atoms. The zero-order valence-corrected chi connectivity index (χ0v) is 12.2. The second kappa shape index (κ2) is 6.65. The van der Waals surface area contributed by atoms with Crippen LogP contribution in [0.25, 0.3) is 0 Å². The highest BCUT2D eigenvalue weighted by Crippen LogP contribution is 2.18. The fourth-order valence-electron chi connectivity index (χ4n) is 1.84. The predicted octanol–water partition coefficient (Wildman–Crippen LogP) is 3.33. The number of Topliss-reactive ketones (excluding diaryl/α,β-unsaturated/α-hetero) is 1. The number of carbonyl (C=O) groups excluding carboxylic acids is 1. The largest absolute Gasteiger partial charge is 0.366 e. The number of nitrogens with zero attached hydrogens (tertiary/aromatic N) is 2. The lowest BCUT2D eigenvalue weighted by Crippen LogP contribution is -2.04. The van der Waals surface area contributed by atoms with Crippen molar-refractivity contribution >= 4 is 23.1 Å². The van der Waals surface area contributed by atoms with Gasteiger partial charge in [0.05, 0.1) is 0 Å². The van der Waals surface area contributed by atoms with Crippen molar-refractivity contribution in [1.29, 1.82) is 0 Å². The third-order valence-electron chi connectivity index (χ3n) is 2.83. The molecular weight excluding hydrogens is 264 g/mol. The van der Waals surface area contributed by atoms with Crippen LogP contribution >= 0.6 is 0 Å². The van der Waals surface area contributed by atoms with E-state index in [0.717, 1.165) is 11.5 Å². The SMILES string of the molecule is C=CCNc1cc(Nc2ccc(C(C)=O)cc2)nc(C)n1. The molecule has 0 spiro atoms. The van der Waals surface area contributed by atoms with Gasteiger partial charge in [0.2, 0.25) is 0 Å². The lowest BCUT2D eigenvalue weighted by Gasteiger charge is -2.09. The number of rotatable bonds is 6. The molecule has 108 valence electrons. The molecule has 0 unspecified atom stereocenters. The molecule has 2 aromatic rings. The number of hydrogen-bond acceptors (Lipinski definition) is 5. The molecule has 0 amide bonds. The molecule has 0 saturated carbocycles. The molecule has 5 heteroatoms. The van der Waals surface area contributed by atoms with Crippen molar-refractivity contribution in [3.63, 3.8) is 0 Å². The zero-order chi connectivity index (χ0) is 15.2. The second-order valence-electron chi connectivity index (χ2n) is 4.61. The minimum atomic E-state index is 0.0512. The summed E-state index contributed by atoms with van der Waals surface area (Å²) in [6.07, 6.45) is 1.77. The number of nitrogens with one attached hydrogen (secondary N) is 2. The molecule has 5 nitrogen and oxygen atoms in total. The van der Waals surface area contributed by atoms with E-state index in [9.17, 15) is 4.79 Å². The number of aromatic nitrogens is 2. The van der Waals surface area contributed by atoms with Crippen molar-refractivity contribution < 1.29 is 4.79 Å². The normalized spacial score (nSPS) is 10.0. The highest BCUT2D eigenvalue weighted by atomic mass is 16.1. The molecule has 0 aliphatic rings. The maximum Gasteiger partial charge on any atom is 0.159 e. The molecule has 0 radical (unpaired) electrons. The number of ketones is 1. The predicted molar refractivity (Wildman–Crippen MR) is 85.2 cm³/mol. The van der Waals surface area contributed by atoms with Gasteiger partial charge in [0, 0.05) is 23.9 Å². The first-order chi connectivity index (χ1) is 10.1. The molecule has 2 N–H and O–H groups in total. The van der Waals surface area contributed by atoms with Crippen LogP contribution < -0.4 is 10.6 Å². The zero-order valence-electron chi connectivity index (χ0n) is 12.2. The molecule has 0 fully saturated rings. The van der Waals surface area contributed by atoms with E-state index in [2.05, 4.69) is 27.2 Å². The Morgan fingerprint density at radius 3 is 2.52 bits per heavy atom. The van der Waals surface area contributed by atoms with Crippen molar-refractivity contribution in [1.82, 2.24) is 9.97 Å². The fourth-order valence-corrected chi connectivity index (χ4v) is 1.84. The van der Waals surface area contributed by atoms with Crippen molar-refractivity contribution in [2.24, 2.45) is 0 Å². The van der Waals surface area contributed by atoms with Crippen LogP contribution in [-0.4, -0.2) is 22.3 Å². The number of carbonyl (C=O) groups is 1. The summed E-state index contributed by atoms with van der Waals surface area (Å²) < 4.78 is 0. The first-order valence-electron chi connectivity index (χ1n) is 6.67. The van der Waals surface area contributed by atoms with Gasteiger partial charge in [-0.3, -0.25) is 4.79 Å². The molecule has 21 heavy (non-hydrogen) atoms. The van der Waals surface area contributed by atoms with Crippen LogP contribution in [0.2, 0.25) is 0 Å². The topological polar surface area (TPSA) is 66.9 Å². The smallest absolute Gasteiger partial charge is 0.159 e. The highest BCUT2D eigenvalue weighted by molar-refractivity contribution is 5.94. The molecule has 1 heterocycles. The van der Waals surface area contributed by atoms with Gasteiger partial charge in [-0.05, 0) is 38.1 Å². The van der Waals surface area contributed by atoms with E-state index in [4.69, 9.17) is 0 Å². The molecule has 0 aliphatic carbocycles. The van der Waals surface area contributed by atoms with Crippen LogP contribution in [0.5, 0.6) is 0 Å². The molecule has 0 atom stereocenters. The van der Waals surface area contributed by atoms with Gasteiger partial charge in [-0.2, -0.15) is 0 Å². The summed E-state index contributed by atoms with van der Waals surface area (Å²) in [6.45, 7) is 7.69. The van der Waals surface area contributed by atoms with Gasteiger partial charge in [-0.25, -0.2) is 9.97 Å². The summed E-state index contributed by atoms with van der Waals surface area (Å²) >= 11 is 0. The Balaban J connectivity index is 2.16. The average Bonchev–Trinajstić information content (AvgIpc) is 2.45. The van der Waals surface area contributed by atoms with Crippen LogP contribution in [0.15, 0.2) is 43.0 Å². The Morgan fingerprint density at radius 1 is 1.24 bits per heavy atom. The molecule has 2 rings (SSSR count). The van der Waals surface area contributed by atoms with Crippen molar-refractivity contribution in [3.05, 3.63) is 54.4 Å². The first-order valence-corrected chi connectivity index (χ1v) is 6.67. The molecule has 0 saturated heterocycles. The Morgan fingerprint density at radius 2 is 1.90 bits per heavy atom. The summed E-state index contributed by atoms with van der Waals surface area (Å²) in [6, 6.07) is 9.11. The van der Waals surface area contributed by atoms with Gasteiger partial charge >= 0.3 is 0 Å². The Bertz CT molecular complexity index is 650. The maximum absolute atomic E-state index is 11.2. The summed E-state index contributed by atoms with van der Waals surface area (Å²) in [7, 11) is 0. The van der Waals surface area contributed by atoms with Crippen molar-refractivity contribution in [2.75, 3.05) is 17.2 Å². The average molecular weight is 282 g/mol. The van der Waals surface area contributed by atoms with Gasteiger partial charge in [0.1, 0.15) is 17.5 Å². The third-order valence-corrected chi connectivity index (χ3v) is 2.83. The lowest BCUT2D eigenvalue weighted by atomic mass is 10.1. The Labute approximate surface area is 124 Å². The number of anilines is 3. The number of benzene rings is 1. The van der Waals surface area contributed by atoms with E-state index < -0.39 is 0 Å². The number of hydrogen-bond donors (Lipinski definition) is 2. The van der Waals surface area contributed by atoms with Gasteiger partial charge in [-0.1, -0.05) is 6.08 Å². The highest BCUT2D eigenvalue weighted by Gasteiger charge is 2.03. The van der Waals surface area contributed by atoms with Crippen LogP contribution in [0, 0.1) is 6.92 Å². The first kappa shape index (κ1) is 14.7. The van der Waals surface area contributed by atoms with Crippen molar-refractivity contribution in [2.45, 2.75) is 13.8 Å². The Kier molecular flexibility index (Phi) is 4.66. The van der Waals surface area contributed by atoms with Crippen molar-refractivity contribution in [3.8, 4) is 0 Å². The molecular formula is C16H18N4O. The minimum Gasteiger partial charge on any atom is -0.366 e. The summed E-state index contributed by atoms with van der Waals surface area (Å²) in [4.78, 5) is 19.9. The fraction of sp³-hybridized carbons (Fsp3) is 0.188. The molecule has 0 aliphatic heterocycles. The monoisotopic (exact) mass is 282 g/mol. The maximum atomic E-state index is 11.2. The van der Waals surface area contributed by atoms with E-state index in [0.29, 0.717) is 23.8 Å². The third kappa shape index (κ3) is 4.14. The minimum absolute atomic E-state index is 0.0512. The van der Waals surface area contributed by atoms with Gasteiger partial charge in [0.15, 0.2) is 5.78 Å². The quantitative estimate of drug-likeness (QED) is 0.628. The van der Waals surface area contributed by atoms with E-state index in [1.807, 2.05) is 25.1 Å².